The molecule has 0 aromatic rings. The Morgan fingerprint density at radius 3 is 0.812 bits per heavy atom. The molecule has 0 aliphatic heterocycles. The van der Waals surface area contributed by atoms with Crippen LogP contribution in [-0.2, 0) is 28.6 Å². The second kappa shape index (κ2) is 49.3. The molecule has 0 aliphatic rings. The van der Waals surface area contributed by atoms with Gasteiger partial charge in [0.05, 0.1) is 0 Å². The van der Waals surface area contributed by atoms with Crippen LogP contribution >= 0.6 is 0 Å². The molecule has 0 fully saturated rings. The number of ether oxygens (including phenoxy) is 3. The summed E-state index contributed by atoms with van der Waals surface area (Å²) in [6, 6.07) is 0. The molecule has 2 atom stereocenters. The first-order valence-electron chi connectivity index (χ1n) is 28.6. The van der Waals surface area contributed by atoms with Crippen LogP contribution in [0.4, 0.5) is 0 Å². The molecule has 0 rings (SSSR count). The topological polar surface area (TPSA) is 78.9 Å². The Kier molecular flexibility index (Phi) is 48.1. The van der Waals surface area contributed by atoms with Crippen LogP contribution in [0.2, 0.25) is 0 Å². The molecule has 380 valence electrons. The van der Waals surface area contributed by atoms with Crippen LogP contribution in [0, 0.1) is 17.8 Å². The van der Waals surface area contributed by atoms with Gasteiger partial charge in [0, 0.05) is 19.3 Å². The number of unbranched alkanes of at least 4 members (excludes halogenated alkanes) is 33. The highest BCUT2D eigenvalue weighted by Gasteiger charge is 2.19. The summed E-state index contributed by atoms with van der Waals surface area (Å²) in [6.07, 6.45) is 51.0. The third kappa shape index (κ3) is 49.8. The average Bonchev–Trinajstić information content (AvgIpc) is 3.27. The lowest BCUT2D eigenvalue weighted by molar-refractivity contribution is -0.167. The van der Waals surface area contributed by atoms with Crippen LogP contribution in [0.25, 0.3) is 0 Å². The summed E-state index contributed by atoms with van der Waals surface area (Å²) in [6.45, 7) is 13.8. The zero-order valence-corrected chi connectivity index (χ0v) is 44.1. The predicted molar refractivity (Wildman–Crippen MR) is 275 cm³/mol. The molecule has 6 nitrogen and oxygen atoms in total. The van der Waals surface area contributed by atoms with Gasteiger partial charge in [0.15, 0.2) is 6.10 Å². The summed E-state index contributed by atoms with van der Waals surface area (Å²) in [5.74, 6) is 1.68. The van der Waals surface area contributed by atoms with Gasteiger partial charge in [-0.1, -0.05) is 279 Å². The fraction of sp³-hybridized carbons (Fsp3) is 0.948. The lowest BCUT2D eigenvalue weighted by atomic mass is 9.99. The van der Waals surface area contributed by atoms with E-state index in [-0.39, 0.29) is 31.1 Å². The van der Waals surface area contributed by atoms with Crippen molar-refractivity contribution >= 4 is 17.9 Å². The van der Waals surface area contributed by atoms with Gasteiger partial charge in [-0.2, -0.15) is 0 Å². The first kappa shape index (κ1) is 62.4. The monoisotopic (exact) mass is 905 g/mol. The molecule has 64 heavy (non-hydrogen) atoms. The Bertz CT molecular complexity index is 993. The van der Waals surface area contributed by atoms with Gasteiger partial charge in [-0.3, -0.25) is 14.4 Å². The SMILES string of the molecule is CCC(C)CCCCCCCCCCC(=O)OC[C@H](COC(=O)CCCCCCCCCCCCC(C)C)OC(=O)CCCCCCCCCCCCCCCCCCCCC(C)C. The van der Waals surface area contributed by atoms with Gasteiger partial charge in [-0.25, -0.2) is 0 Å². The first-order valence-corrected chi connectivity index (χ1v) is 28.6. The van der Waals surface area contributed by atoms with E-state index in [9.17, 15) is 14.4 Å². The van der Waals surface area contributed by atoms with Crippen molar-refractivity contribution in [2.45, 2.75) is 324 Å². The van der Waals surface area contributed by atoms with E-state index in [4.69, 9.17) is 14.2 Å². The highest BCUT2D eigenvalue weighted by molar-refractivity contribution is 5.71. The van der Waals surface area contributed by atoms with Crippen LogP contribution in [-0.4, -0.2) is 37.2 Å². The standard InChI is InChI=1S/C58H112O6/c1-7-54(6)46-40-34-28-24-25-30-36-42-48-57(60)63-51-55(50-62-56(59)47-41-35-29-22-19-18-21-27-33-39-45-53(4)5)64-58(61)49-43-37-31-23-17-15-13-11-9-8-10-12-14-16-20-26-32-38-44-52(2)3/h52-55H,7-51H2,1-6H3/t54?,55-/m0/s1. The Morgan fingerprint density at radius 1 is 0.312 bits per heavy atom. The van der Waals surface area contributed by atoms with Gasteiger partial charge in [-0.15, -0.1) is 0 Å². The normalized spacial score (nSPS) is 12.6. The lowest BCUT2D eigenvalue weighted by Crippen LogP contribution is -2.30. The summed E-state index contributed by atoms with van der Waals surface area (Å²) >= 11 is 0. The van der Waals surface area contributed by atoms with Crippen LogP contribution in [0.3, 0.4) is 0 Å². The van der Waals surface area contributed by atoms with Crippen molar-refractivity contribution in [3.05, 3.63) is 0 Å². The van der Waals surface area contributed by atoms with Gasteiger partial charge in [-0.05, 0) is 37.0 Å². The molecule has 6 heteroatoms. The lowest BCUT2D eigenvalue weighted by Gasteiger charge is -2.18. The Hall–Kier alpha value is -1.59. The van der Waals surface area contributed by atoms with Crippen molar-refractivity contribution in [2.75, 3.05) is 13.2 Å². The molecule has 0 N–H and O–H groups in total. The van der Waals surface area contributed by atoms with E-state index in [1.54, 1.807) is 0 Å². The van der Waals surface area contributed by atoms with Crippen molar-refractivity contribution in [1.82, 2.24) is 0 Å². The van der Waals surface area contributed by atoms with E-state index >= 15 is 0 Å². The van der Waals surface area contributed by atoms with E-state index in [1.165, 1.54) is 199 Å². The molecule has 0 bridgehead atoms. The number of carbonyl (C=O) groups excluding carboxylic acids is 3. The summed E-state index contributed by atoms with van der Waals surface area (Å²) in [5, 5.41) is 0. The molecule has 1 unspecified atom stereocenters. The highest BCUT2D eigenvalue weighted by atomic mass is 16.6. The second-order valence-electron chi connectivity index (χ2n) is 21.1. The fourth-order valence-electron chi connectivity index (χ4n) is 8.79. The number of carbonyl (C=O) groups is 3. The maximum Gasteiger partial charge on any atom is 0.306 e. The zero-order chi connectivity index (χ0) is 47.0. The Morgan fingerprint density at radius 2 is 0.547 bits per heavy atom. The molecular weight excluding hydrogens is 793 g/mol. The zero-order valence-electron chi connectivity index (χ0n) is 44.1. The molecule has 0 saturated carbocycles. The highest BCUT2D eigenvalue weighted by Crippen LogP contribution is 2.19. The van der Waals surface area contributed by atoms with E-state index < -0.39 is 6.10 Å². The fourth-order valence-corrected chi connectivity index (χ4v) is 8.79. The number of rotatable bonds is 51. The van der Waals surface area contributed by atoms with Gasteiger partial charge < -0.3 is 14.2 Å². The molecule has 0 aliphatic carbocycles. The predicted octanol–water partition coefficient (Wildman–Crippen LogP) is 18.7. The Labute approximate surface area is 399 Å². The maximum absolute atomic E-state index is 12.8. The summed E-state index contributed by atoms with van der Waals surface area (Å²) in [7, 11) is 0. The van der Waals surface area contributed by atoms with Crippen molar-refractivity contribution in [1.29, 1.82) is 0 Å². The molecule has 0 aromatic heterocycles. The van der Waals surface area contributed by atoms with Gasteiger partial charge in [0.2, 0.25) is 0 Å². The van der Waals surface area contributed by atoms with Crippen LogP contribution in [0.5, 0.6) is 0 Å². The average molecular weight is 906 g/mol. The minimum Gasteiger partial charge on any atom is -0.462 e. The molecule has 0 radical (unpaired) electrons. The van der Waals surface area contributed by atoms with Crippen LogP contribution < -0.4 is 0 Å². The summed E-state index contributed by atoms with van der Waals surface area (Å²) in [5.41, 5.74) is 0. The first-order chi connectivity index (χ1) is 31.1. The minimum absolute atomic E-state index is 0.0643. The number of esters is 3. The van der Waals surface area contributed by atoms with Gasteiger partial charge in [0.25, 0.3) is 0 Å². The van der Waals surface area contributed by atoms with Crippen molar-refractivity contribution in [3.63, 3.8) is 0 Å². The van der Waals surface area contributed by atoms with E-state index in [0.717, 1.165) is 75.5 Å². The van der Waals surface area contributed by atoms with Gasteiger partial charge in [0.1, 0.15) is 13.2 Å². The molecule has 0 aromatic carbocycles. The van der Waals surface area contributed by atoms with Gasteiger partial charge >= 0.3 is 17.9 Å². The van der Waals surface area contributed by atoms with E-state index in [1.807, 2.05) is 0 Å². The number of hydrogen-bond acceptors (Lipinski definition) is 6. The largest absolute Gasteiger partial charge is 0.462 e. The minimum atomic E-state index is -0.764. The second-order valence-corrected chi connectivity index (χ2v) is 21.1. The maximum atomic E-state index is 12.8. The smallest absolute Gasteiger partial charge is 0.306 e. The third-order valence-corrected chi connectivity index (χ3v) is 13.5. The molecule has 0 amide bonds. The molecule has 0 saturated heterocycles. The quantitative estimate of drug-likeness (QED) is 0.0344. The molecule has 0 spiro atoms. The summed E-state index contributed by atoms with van der Waals surface area (Å²) in [4.78, 5) is 38.1. The third-order valence-electron chi connectivity index (χ3n) is 13.5. The summed E-state index contributed by atoms with van der Waals surface area (Å²) < 4.78 is 16.9. The molecular formula is C58H112O6. The van der Waals surface area contributed by atoms with E-state index in [2.05, 4.69) is 41.5 Å². The van der Waals surface area contributed by atoms with Crippen molar-refractivity contribution < 1.29 is 28.6 Å². The number of hydrogen-bond donors (Lipinski definition) is 0. The van der Waals surface area contributed by atoms with Crippen LogP contribution in [0.15, 0.2) is 0 Å². The van der Waals surface area contributed by atoms with Crippen molar-refractivity contribution in [2.24, 2.45) is 17.8 Å². The van der Waals surface area contributed by atoms with Crippen molar-refractivity contribution in [3.8, 4) is 0 Å². The van der Waals surface area contributed by atoms with E-state index in [0.29, 0.717) is 19.3 Å². The Balaban J connectivity index is 4.26. The molecule has 0 heterocycles. The van der Waals surface area contributed by atoms with Crippen LogP contribution in [0.1, 0.15) is 318 Å².